The highest BCUT2D eigenvalue weighted by molar-refractivity contribution is 6.42. The molecule has 0 aliphatic rings. The summed E-state index contributed by atoms with van der Waals surface area (Å²) in [6.45, 7) is 3.87. The lowest BCUT2D eigenvalue weighted by Gasteiger charge is -2.13. The van der Waals surface area contributed by atoms with Gasteiger partial charge >= 0.3 is 0 Å². The Morgan fingerprint density at radius 2 is 1.80 bits per heavy atom. The molecule has 0 saturated carbocycles. The molecule has 0 aromatic heterocycles. The molecule has 20 heavy (non-hydrogen) atoms. The molecule has 2 aromatic rings. The lowest BCUT2D eigenvalue weighted by Crippen LogP contribution is -2.14. The van der Waals surface area contributed by atoms with Crippen LogP contribution in [0, 0.1) is 13.8 Å². The first kappa shape index (κ1) is 14.7. The SMILES string of the molecule is Cc1ccc(N)c(NC(=O)c2ccc(Cl)c(Cl)c2)c1C. The zero-order chi connectivity index (χ0) is 14.9. The second-order valence-electron chi connectivity index (χ2n) is 4.55. The van der Waals surface area contributed by atoms with Gasteiger partial charge in [-0.2, -0.15) is 0 Å². The zero-order valence-electron chi connectivity index (χ0n) is 11.1. The van der Waals surface area contributed by atoms with Gasteiger partial charge in [0.25, 0.3) is 5.91 Å². The van der Waals surface area contributed by atoms with Crippen molar-refractivity contribution in [1.82, 2.24) is 0 Å². The molecule has 0 aliphatic carbocycles. The number of aryl methyl sites for hydroxylation is 1. The maximum atomic E-state index is 12.2. The fraction of sp³-hybridized carbons (Fsp3) is 0.133. The highest BCUT2D eigenvalue weighted by Crippen LogP contribution is 2.27. The average Bonchev–Trinajstić information content (AvgIpc) is 2.42. The molecule has 0 atom stereocenters. The highest BCUT2D eigenvalue weighted by atomic mass is 35.5. The van der Waals surface area contributed by atoms with Crippen LogP contribution in [0.1, 0.15) is 21.5 Å². The van der Waals surface area contributed by atoms with Gasteiger partial charge in [0, 0.05) is 5.56 Å². The predicted molar refractivity (Wildman–Crippen MR) is 84.7 cm³/mol. The van der Waals surface area contributed by atoms with Crippen molar-refractivity contribution in [2.75, 3.05) is 11.1 Å². The third-order valence-corrected chi connectivity index (χ3v) is 3.93. The molecule has 5 heteroatoms. The van der Waals surface area contributed by atoms with Gasteiger partial charge in [0.15, 0.2) is 0 Å². The molecule has 0 saturated heterocycles. The van der Waals surface area contributed by atoms with E-state index in [-0.39, 0.29) is 5.91 Å². The number of nitrogens with one attached hydrogen (secondary N) is 1. The molecule has 2 aromatic carbocycles. The molecule has 2 rings (SSSR count). The van der Waals surface area contributed by atoms with Gasteiger partial charge in [0.2, 0.25) is 0 Å². The van der Waals surface area contributed by atoms with Crippen LogP contribution in [0.4, 0.5) is 11.4 Å². The van der Waals surface area contributed by atoms with Crippen molar-refractivity contribution in [2.24, 2.45) is 0 Å². The smallest absolute Gasteiger partial charge is 0.255 e. The Hall–Kier alpha value is -1.71. The number of hydrogen-bond acceptors (Lipinski definition) is 2. The molecular formula is C15H14Cl2N2O. The number of hydrogen-bond donors (Lipinski definition) is 2. The van der Waals surface area contributed by atoms with Crippen LogP contribution in [-0.2, 0) is 0 Å². The summed E-state index contributed by atoms with van der Waals surface area (Å²) in [5, 5.41) is 3.57. The van der Waals surface area contributed by atoms with E-state index in [1.165, 1.54) is 6.07 Å². The fourth-order valence-electron chi connectivity index (χ4n) is 1.83. The third-order valence-electron chi connectivity index (χ3n) is 3.19. The normalized spacial score (nSPS) is 10.4. The third kappa shape index (κ3) is 2.89. The van der Waals surface area contributed by atoms with E-state index >= 15 is 0 Å². The molecule has 0 radical (unpaired) electrons. The van der Waals surface area contributed by atoms with E-state index in [1.54, 1.807) is 18.2 Å². The van der Waals surface area contributed by atoms with Gasteiger partial charge in [-0.1, -0.05) is 29.3 Å². The van der Waals surface area contributed by atoms with Crippen LogP contribution >= 0.6 is 23.2 Å². The van der Waals surface area contributed by atoms with Crippen LogP contribution < -0.4 is 11.1 Å². The van der Waals surface area contributed by atoms with Crippen molar-refractivity contribution < 1.29 is 4.79 Å². The van der Waals surface area contributed by atoms with Crippen molar-refractivity contribution in [1.29, 1.82) is 0 Å². The second kappa shape index (κ2) is 5.73. The lowest BCUT2D eigenvalue weighted by atomic mass is 10.1. The largest absolute Gasteiger partial charge is 0.397 e. The van der Waals surface area contributed by atoms with E-state index in [0.717, 1.165) is 11.1 Å². The number of halogens is 2. The summed E-state index contributed by atoms with van der Waals surface area (Å²) in [5.74, 6) is -0.274. The maximum Gasteiger partial charge on any atom is 0.255 e. The highest BCUT2D eigenvalue weighted by Gasteiger charge is 2.12. The van der Waals surface area contributed by atoms with Crippen molar-refractivity contribution >= 4 is 40.5 Å². The summed E-state index contributed by atoms with van der Waals surface area (Å²) in [6, 6.07) is 8.42. The van der Waals surface area contributed by atoms with Crippen LogP contribution in [-0.4, -0.2) is 5.91 Å². The molecule has 1 amide bonds. The van der Waals surface area contributed by atoms with Gasteiger partial charge in [-0.25, -0.2) is 0 Å². The molecule has 0 spiro atoms. The lowest BCUT2D eigenvalue weighted by molar-refractivity contribution is 0.102. The Bertz CT molecular complexity index is 684. The van der Waals surface area contributed by atoms with E-state index in [2.05, 4.69) is 5.32 Å². The molecule has 3 N–H and O–H groups in total. The molecule has 104 valence electrons. The van der Waals surface area contributed by atoms with Gasteiger partial charge in [0.05, 0.1) is 21.4 Å². The molecule has 0 fully saturated rings. The van der Waals surface area contributed by atoms with Crippen LogP contribution in [0.25, 0.3) is 0 Å². The van der Waals surface area contributed by atoms with Crippen molar-refractivity contribution in [3.8, 4) is 0 Å². The van der Waals surface area contributed by atoms with Crippen molar-refractivity contribution in [3.63, 3.8) is 0 Å². The van der Waals surface area contributed by atoms with E-state index < -0.39 is 0 Å². The number of amides is 1. The molecule has 0 heterocycles. The number of carbonyl (C=O) groups excluding carboxylic acids is 1. The van der Waals surface area contributed by atoms with Crippen molar-refractivity contribution in [2.45, 2.75) is 13.8 Å². The monoisotopic (exact) mass is 308 g/mol. The van der Waals surface area contributed by atoms with Gasteiger partial charge < -0.3 is 11.1 Å². The Labute approximate surface area is 127 Å². The standard InChI is InChI=1S/C15H14Cl2N2O/c1-8-3-6-13(18)14(9(8)2)19-15(20)10-4-5-11(16)12(17)7-10/h3-7H,18H2,1-2H3,(H,19,20). The first-order valence-corrected chi connectivity index (χ1v) is 6.78. The first-order valence-electron chi connectivity index (χ1n) is 6.02. The Balaban J connectivity index is 2.32. The topological polar surface area (TPSA) is 55.1 Å². The minimum absolute atomic E-state index is 0.274. The Morgan fingerprint density at radius 1 is 1.10 bits per heavy atom. The number of nitrogens with two attached hydrogens (primary N) is 1. The van der Waals surface area contributed by atoms with E-state index in [1.807, 2.05) is 19.9 Å². The Kier molecular flexibility index (Phi) is 4.21. The van der Waals surface area contributed by atoms with E-state index in [0.29, 0.717) is 27.0 Å². The summed E-state index contributed by atoms with van der Waals surface area (Å²) in [7, 11) is 0. The summed E-state index contributed by atoms with van der Waals surface area (Å²) < 4.78 is 0. The van der Waals surface area contributed by atoms with Crippen LogP contribution in [0.3, 0.4) is 0 Å². The number of benzene rings is 2. The molecule has 0 unspecified atom stereocenters. The minimum atomic E-state index is -0.274. The maximum absolute atomic E-state index is 12.2. The van der Waals surface area contributed by atoms with Gasteiger partial charge in [-0.05, 0) is 49.2 Å². The quantitative estimate of drug-likeness (QED) is 0.806. The second-order valence-corrected chi connectivity index (χ2v) is 5.37. The molecule has 0 bridgehead atoms. The average molecular weight is 309 g/mol. The summed E-state index contributed by atoms with van der Waals surface area (Å²) in [6.07, 6.45) is 0. The summed E-state index contributed by atoms with van der Waals surface area (Å²) >= 11 is 11.7. The number of carbonyl (C=O) groups is 1. The number of anilines is 2. The predicted octanol–water partition coefficient (Wildman–Crippen LogP) is 4.44. The van der Waals surface area contributed by atoms with Crippen LogP contribution in [0.5, 0.6) is 0 Å². The van der Waals surface area contributed by atoms with Crippen molar-refractivity contribution in [3.05, 3.63) is 57.1 Å². The van der Waals surface area contributed by atoms with E-state index in [9.17, 15) is 4.79 Å². The molecule has 3 nitrogen and oxygen atoms in total. The Morgan fingerprint density at radius 3 is 2.45 bits per heavy atom. The molecular weight excluding hydrogens is 295 g/mol. The van der Waals surface area contributed by atoms with Crippen LogP contribution in [0.2, 0.25) is 10.0 Å². The van der Waals surface area contributed by atoms with Gasteiger partial charge in [-0.15, -0.1) is 0 Å². The molecule has 0 aliphatic heterocycles. The summed E-state index contributed by atoms with van der Waals surface area (Å²) in [5.41, 5.74) is 9.50. The van der Waals surface area contributed by atoms with E-state index in [4.69, 9.17) is 28.9 Å². The fourth-order valence-corrected chi connectivity index (χ4v) is 2.12. The van der Waals surface area contributed by atoms with Crippen LogP contribution in [0.15, 0.2) is 30.3 Å². The number of nitrogen functional groups attached to an aromatic ring is 1. The number of rotatable bonds is 2. The van der Waals surface area contributed by atoms with Gasteiger partial charge in [-0.3, -0.25) is 4.79 Å². The first-order chi connectivity index (χ1) is 9.40. The summed E-state index contributed by atoms with van der Waals surface area (Å²) in [4.78, 5) is 12.2. The zero-order valence-corrected chi connectivity index (χ0v) is 12.6. The van der Waals surface area contributed by atoms with Gasteiger partial charge in [0.1, 0.15) is 0 Å². The minimum Gasteiger partial charge on any atom is -0.397 e.